The molecule has 0 nitrogen and oxygen atoms in total. The minimum absolute atomic E-state index is 0. The van der Waals surface area contributed by atoms with Gasteiger partial charge in [0.25, 0.3) is 0 Å². The molecule has 0 rings (SSSR count). The first-order valence-electron chi connectivity index (χ1n) is 0. The summed E-state index contributed by atoms with van der Waals surface area (Å²) in [7, 11) is 0. The van der Waals surface area contributed by atoms with Crippen LogP contribution in [0, 0.1) is 0 Å². The first-order valence-corrected chi connectivity index (χ1v) is 0. The molecule has 0 N–H and O–H groups in total. The SMILES string of the molecule is Cl.Cl.Cl.Cl.[KH].[KH].[Pt].[Pt]. The van der Waals surface area contributed by atoms with E-state index in [0.29, 0.717) is 0 Å². The number of halogens is 4. The molecule has 56 valence electrons. The third-order valence-electron chi connectivity index (χ3n) is 0. The summed E-state index contributed by atoms with van der Waals surface area (Å²) in [6, 6.07) is 0. The second-order valence-corrected chi connectivity index (χ2v) is 0. The van der Waals surface area contributed by atoms with Gasteiger partial charge in [0, 0.05) is 42.1 Å². The van der Waals surface area contributed by atoms with Crippen molar-refractivity contribution >= 4 is 152 Å². The van der Waals surface area contributed by atoms with E-state index < -0.39 is 0 Å². The summed E-state index contributed by atoms with van der Waals surface area (Å²) in [6.07, 6.45) is 0. The van der Waals surface area contributed by atoms with Crippen LogP contribution in [0.1, 0.15) is 0 Å². The maximum absolute atomic E-state index is 0. The van der Waals surface area contributed by atoms with Crippen molar-refractivity contribution in [3.8, 4) is 0 Å². The zero-order valence-corrected chi connectivity index (χ0v) is 10.1. The van der Waals surface area contributed by atoms with Gasteiger partial charge in [-0.15, -0.1) is 49.6 Å². The Hall–Kier alpha value is 5.81. The Bertz CT molecular complexity index is 12.0. The zero-order chi connectivity index (χ0) is 0. The fraction of sp³-hybridized carbons (Fsp3) is 0. The predicted octanol–water partition coefficient (Wildman–Crippen LogP) is 0.385. The third-order valence-corrected chi connectivity index (χ3v) is 0. The second kappa shape index (κ2) is 52.9. The summed E-state index contributed by atoms with van der Waals surface area (Å²) in [4.78, 5) is 0. The Morgan fingerprint density at radius 2 is 0.375 bits per heavy atom. The molecule has 0 aromatic rings. The first kappa shape index (κ1) is 67.1. The van der Waals surface area contributed by atoms with Crippen molar-refractivity contribution in [2.45, 2.75) is 0 Å². The minimum atomic E-state index is 0. The fourth-order valence-corrected chi connectivity index (χ4v) is 0. The number of hydrogen-bond acceptors (Lipinski definition) is 0. The molecule has 0 saturated carbocycles. The zero-order valence-electron chi connectivity index (χ0n) is 2.27. The average molecular weight is 616 g/mol. The maximum Gasteiger partial charge on any atom is 0 e. The quantitative estimate of drug-likeness (QED) is 0.346. The summed E-state index contributed by atoms with van der Waals surface area (Å²) in [5.41, 5.74) is 0. The van der Waals surface area contributed by atoms with Crippen LogP contribution in [0.3, 0.4) is 0 Å². The van der Waals surface area contributed by atoms with Crippen LogP contribution in [0.5, 0.6) is 0 Å². The Balaban J connectivity index is 0. The van der Waals surface area contributed by atoms with Crippen LogP contribution in [-0.4, -0.2) is 103 Å². The van der Waals surface area contributed by atoms with E-state index >= 15 is 0 Å². The van der Waals surface area contributed by atoms with Crippen LogP contribution < -0.4 is 0 Å². The molecule has 0 fully saturated rings. The van der Waals surface area contributed by atoms with Crippen molar-refractivity contribution in [3.63, 3.8) is 0 Å². The van der Waals surface area contributed by atoms with Crippen molar-refractivity contribution in [2.24, 2.45) is 0 Å². The molecule has 0 aliphatic carbocycles. The van der Waals surface area contributed by atoms with Gasteiger partial charge in [0.05, 0.1) is 0 Å². The van der Waals surface area contributed by atoms with Crippen molar-refractivity contribution in [2.75, 3.05) is 0 Å². The minimum Gasteiger partial charge on any atom is 0 e. The molecule has 0 unspecified atom stereocenters. The van der Waals surface area contributed by atoms with E-state index in [1.165, 1.54) is 0 Å². The van der Waals surface area contributed by atoms with Gasteiger partial charge in [0.1, 0.15) is 0 Å². The van der Waals surface area contributed by atoms with Crippen molar-refractivity contribution in [3.05, 3.63) is 0 Å². The first-order chi connectivity index (χ1) is 0. The Kier molecular flexibility index (Phi) is 444. The van der Waals surface area contributed by atoms with E-state index in [1.807, 2.05) is 0 Å². The van der Waals surface area contributed by atoms with Gasteiger partial charge in [0.2, 0.25) is 0 Å². The smallest absolute Gasteiger partial charge is 0 e. The standard InChI is InChI=1S/4ClH.2K.2Pt.2H/h4*1H;;;;;;. The van der Waals surface area contributed by atoms with Gasteiger partial charge in [-0.3, -0.25) is 0 Å². The van der Waals surface area contributed by atoms with E-state index in [2.05, 4.69) is 0 Å². The van der Waals surface area contributed by atoms with E-state index in [1.54, 1.807) is 0 Å². The molecule has 0 bridgehead atoms. The van der Waals surface area contributed by atoms with Gasteiger partial charge < -0.3 is 0 Å². The largest absolute Gasteiger partial charge is 0 e. The number of rotatable bonds is 0. The Labute approximate surface area is 189 Å². The monoisotopic (exact) mass is 614 g/mol. The van der Waals surface area contributed by atoms with E-state index in [9.17, 15) is 0 Å². The van der Waals surface area contributed by atoms with Crippen LogP contribution in [0.15, 0.2) is 0 Å². The summed E-state index contributed by atoms with van der Waals surface area (Å²) in [5.74, 6) is 0. The molecular formula is H6Cl4K2Pt2. The Morgan fingerprint density at radius 1 is 0.375 bits per heavy atom. The van der Waals surface area contributed by atoms with Crippen LogP contribution in [-0.2, 0) is 42.1 Å². The molecular weight excluding hydrogens is 610 g/mol. The van der Waals surface area contributed by atoms with Crippen molar-refractivity contribution < 1.29 is 42.1 Å². The van der Waals surface area contributed by atoms with Gasteiger partial charge in [0.15, 0.2) is 0 Å². The molecule has 0 heterocycles. The summed E-state index contributed by atoms with van der Waals surface area (Å²) < 4.78 is 0. The van der Waals surface area contributed by atoms with Crippen LogP contribution >= 0.6 is 49.6 Å². The number of hydrogen-bond donors (Lipinski definition) is 0. The summed E-state index contributed by atoms with van der Waals surface area (Å²) in [6.45, 7) is 0. The molecule has 0 spiro atoms. The molecule has 8 heteroatoms. The van der Waals surface area contributed by atoms with Crippen LogP contribution in [0.4, 0.5) is 0 Å². The molecule has 0 amide bonds. The topological polar surface area (TPSA) is 0 Å². The van der Waals surface area contributed by atoms with Crippen molar-refractivity contribution in [1.29, 1.82) is 0 Å². The average Bonchev–Trinajstić information content (AvgIpc) is 0. The van der Waals surface area contributed by atoms with E-state index in [-0.39, 0.29) is 195 Å². The molecule has 0 aromatic heterocycles. The van der Waals surface area contributed by atoms with Gasteiger partial charge in [-0.1, -0.05) is 0 Å². The second-order valence-electron chi connectivity index (χ2n) is 0. The van der Waals surface area contributed by atoms with E-state index in [0.717, 1.165) is 0 Å². The van der Waals surface area contributed by atoms with Crippen LogP contribution in [0.2, 0.25) is 0 Å². The van der Waals surface area contributed by atoms with E-state index in [4.69, 9.17) is 0 Å². The van der Waals surface area contributed by atoms with Gasteiger partial charge >= 0.3 is 103 Å². The van der Waals surface area contributed by atoms with Gasteiger partial charge in [-0.05, 0) is 0 Å². The fourth-order valence-electron chi connectivity index (χ4n) is 0. The molecule has 8 heavy (non-hydrogen) atoms. The summed E-state index contributed by atoms with van der Waals surface area (Å²) >= 11 is 0. The van der Waals surface area contributed by atoms with Gasteiger partial charge in [-0.25, -0.2) is 0 Å². The normalized spacial score (nSPS) is 0. The summed E-state index contributed by atoms with van der Waals surface area (Å²) in [5, 5.41) is 0. The molecule has 0 aliphatic heterocycles. The van der Waals surface area contributed by atoms with Crippen molar-refractivity contribution in [1.82, 2.24) is 0 Å². The maximum atomic E-state index is 0. The molecule has 0 saturated heterocycles. The Morgan fingerprint density at radius 3 is 0.375 bits per heavy atom. The third kappa shape index (κ3) is 40.9. The molecule has 0 atom stereocenters. The molecule has 0 aliphatic rings. The molecule has 0 radical (unpaired) electrons. The van der Waals surface area contributed by atoms with Gasteiger partial charge in [-0.2, -0.15) is 0 Å². The van der Waals surface area contributed by atoms with Crippen LogP contribution in [0.25, 0.3) is 0 Å². The predicted molar refractivity (Wildman–Crippen MR) is 43.3 cm³/mol. The molecule has 0 aromatic carbocycles.